The van der Waals surface area contributed by atoms with Crippen LogP contribution in [0.2, 0.25) is 0 Å². The van der Waals surface area contributed by atoms with Gasteiger partial charge in [0, 0.05) is 63.8 Å². The first kappa shape index (κ1) is 40.3. The van der Waals surface area contributed by atoms with Crippen molar-refractivity contribution in [1.29, 1.82) is 0 Å². The lowest BCUT2D eigenvalue weighted by Gasteiger charge is -2.27. The van der Waals surface area contributed by atoms with Crippen molar-refractivity contribution in [3.63, 3.8) is 0 Å². The van der Waals surface area contributed by atoms with Crippen molar-refractivity contribution < 1.29 is 38.1 Å². The second-order valence-corrected chi connectivity index (χ2v) is 15.2. The van der Waals surface area contributed by atoms with Crippen molar-refractivity contribution in [3.8, 4) is 28.4 Å². The van der Waals surface area contributed by atoms with Crippen LogP contribution in [-0.4, -0.2) is 104 Å². The third-order valence-corrected chi connectivity index (χ3v) is 11.3. The summed E-state index contributed by atoms with van der Waals surface area (Å²) in [6.45, 7) is 3.67. The van der Waals surface area contributed by atoms with E-state index >= 15 is 0 Å². The third-order valence-electron chi connectivity index (χ3n) is 11.3. The molecule has 3 aliphatic rings. The number of rotatable bonds is 16. The highest BCUT2D eigenvalue weighted by atomic mass is 16.5. The fraction of sp³-hybridized carbons (Fsp3) is 0.395. The molecular formula is C43H46N8O9. The smallest absolute Gasteiger partial charge is 0.262 e. The van der Waals surface area contributed by atoms with E-state index in [0.29, 0.717) is 48.9 Å². The van der Waals surface area contributed by atoms with Crippen molar-refractivity contribution in [1.82, 2.24) is 39.7 Å². The number of pyridine rings is 2. The molecule has 17 nitrogen and oxygen atoms in total. The number of piperidine rings is 1. The summed E-state index contributed by atoms with van der Waals surface area (Å²) in [4.78, 5) is 70.1. The highest BCUT2D eigenvalue weighted by Gasteiger charge is 2.44. The average molecular weight is 819 g/mol. The Morgan fingerprint density at radius 2 is 1.67 bits per heavy atom. The maximum Gasteiger partial charge on any atom is 0.262 e. The molecule has 312 valence electrons. The number of methoxy groups -OCH3 is 2. The van der Waals surface area contributed by atoms with Crippen LogP contribution >= 0.6 is 0 Å². The maximum absolute atomic E-state index is 13.1. The van der Waals surface area contributed by atoms with E-state index in [0.717, 1.165) is 71.4 Å². The number of nitrogens with one attached hydrogen (secondary N) is 1. The number of carbonyl (C=O) groups excluding carboxylic acids is 4. The number of hydrogen-bond acceptors (Lipinski definition) is 13. The molecule has 17 heteroatoms. The lowest BCUT2D eigenvalue weighted by molar-refractivity contribution is -0.136. The molecule has 0 saturated carbocycles. The molecule has 2 aromatic carbocycles. The summed E-state index contributed by atoms with van der Waals surface area (Å²) in [7, 11) is 5.03. The predicted octanol–water partition coefficient (Wildman–Crippen LogP) is 3.65. The summed E-state index contributed by atoms with van der Waals surface area (Å²) < 4.78 is 27.3. The topological polar surface area (TPSA) is 189 Å². The zero-order chi connectivity index (χ0) is 41.9. The van der Waals surface area contributed by atoms with Gasteiger partial charge in [-0.15, -0.1) is 5.10 Å². The summed E-state index contributed by atoms with van der Waals surface area (Å²) in [5.74, 6) is -0.302. The molecule has 3 aromatic heterocycles. The molecule has 5 aromatic rings. The minimum atomic E-state index is -1.01. The number of fused-ring (bicyclic) bond motifs is 2. The SMILES string of the molecule is COc1cc(-c2cn(C)c(=O)c3cnccc23)cc(OC)c1CN1CCC(OCc2cn(CCCCCOc3ccc4c(c3)C(=O)N(C3CCC(=O)NC3=O)C4=O)nn2)C1. The minimum Gasteiger partial charge on any atom is -0.496 e. The zero-order valence-electron chi connectivity index (χ0n) is 33.7. The van der Waals surface area contributed by atoms with Crippen LogP contribution in [-0.2, 0) is 41.1 Å². The molecule has 0 radical (unpaired) electrons. The van der Waals surface area contributed by atoms with Gasteiger partial charge in [-0.3, -0.25) is 48.8 Å². The Hall–Kier alpha value is -6.46. The van der Waals surface area contributed by atoms with Crippen LogP contribution in [0.3, 0.4) is 0 Å². The molecule has 0 aliphatic carbocycles. The molecule has 1 N–H and O–H groups in total. The second-order valence-electron chi connectivity index (χ2n) is 15.2. The number of ether oxygens (including phenoxy) is 4. The molecule has 4 amide bonds. The normalized spacial score (nSPS) is 18.0. The second kappa shape index (κ2) is 17.4. The van der Waals surface area contributed by atoms with Gasteiger partial charge in [-0.2, -0.15) is 0 Å². The molecule has 8 rings (SSSR count). The summed E-state index contributed by atoms with van der Waals surface area (Å²) >= 11 is 0. The maximum atomic E-state index is 13.1. The molecule has 2 fully saturated rings. The van der Waals surface area contributed by atoms with E-state index in [-0.39, 0.29) is 35.6 Å². The highest BCUT2D eigenvalue weighted by molar-refractivity contribution is 6.23. The van der Waals surface area contributed by atoms with Crippen LogP contribution in [0.5, 0.6) is 17.2 Å². The Bertz CT molecular complexity index is 2510. The molecular weight excluding hydrogens is 773 g/mol. The van der Waals surface area contributed by atoms with Crippen molar-refractivity contribution in [2.24, 2.45) is 7.05 Å². The van der Waals surface area contributed by atoms with Crippen molar-refractivity contribution in [2.75, 3.05) is 33.9 Å². The Morgan fingerprint density at radius 3 is 2.45 bits per heavy atom. The van der Waals surface area contributed by atoms with Gasteiger partial charge in [-0.05, 0) is 79.5 Å². The molecule has 2 saturated heterocycles. The van der Waals surface area contributed by atoms with Crippen LogP contribution in [0.25, 0.3) is 21.9 Å². The lowest BCUT2D eigenvalue weighted by Crippen LogP contribution is -2.54. The first-order valence-corrected chi connectivity index (χ1v) is 20.0. The van der Waals surface area contributed by atoms with Crippen LogP contribution in [0, 0.1) is 0 Å². The number of hydrogen-bond donors (Lipinski definition) is 1. The minimum absolute atomic E-state index is 0.0329. The van der Waals surface area contributed by atoms with E-state index in [9.17, 15) is 24.0 Å². The van der Waals surface area contributed by atoms with E-state index in [1.54, 1.807) is 50.4 Å². The predicted molar refractivity (Wildman–Crippen MR) is 216 cm³/mol. The van der Waals surface area contributed by atoms with Crippen LogP contribution in [0.15, 0.2) is 66.0 Å². The number of likely N-dealkylation sites (tertiary alicyclic amines) is 1. The number of aromatic nitrogens is 5. The van der Waals surface area contributed by atoms with E-state index in [2.05, 4.69) is 25.5 Å². The molecule has 6 heterocycles. The Balaban J connectivity index is 0.775. The molecule has 2 atom stereocenters. The summed E-state index contributed by atoms with van der Waals surface area (Å²) in [6.07, 6.45) is 10.6. The van der Waals surface area contributed by atoms with Crippen LogP contribution < -0.4 is 25.1 Å². The van der Waals surface area contributed by atoms with E-state index in [4.69, 9.17) is 18.9 Å². The Labute approximate surface area is 345 Å². The van der Waals surface area contributed by atoms with Gasteiger partial charge >= 0.3 is 0 Å². The van der Waals surface area contributed by atoms with Gasteiger partial charge in [-0.25, -0.2) is 0 Å². The van der Waals surface area contributed by atoms with Gasteiger partial charge in [0.05, 0.1) is 61.8 Å². The zero-order valence-corrected chi connectivity index (χ0v) is 33.7. The Morgan fingerprint density at radius 1 is 0.867 bits per heavy atom. The van der Waals surface area contributed by atoms with Crippen LogP contribution in [0.1, 0.15) is 70.5 Å². The third kappa shape index (κ3) is 8.22. The quantitative estimate of drug-likeness (QED) is 0.112. The number of nitrogens with zero attached hydrogens (tertiary/aromatic N) is 7. The number of carbonyl (C=O) groups is 4. The van der Waals surface area contributed by atoms with Gasteiger partial charge in [0.15, 0.2) is 0 Å². The van der Waals surface area contributed by atoms with Gasteiger partial charge in [0.25, 0.3) is 17.4 Å². The van der Waals surface area contributed by atoms with Gasteiger partial charge < -0.3 is 23.5 Å². The van der Waals surface area contributed by atoms with Crippen LogP contribution in [0.4, 0.5) is 0 Å². The molecule has 0 bridgehead atoms. The molecule has 2 unspecified atom stereocenters. The largest absolute Gasteiger partial charge is 0.496 e. The summed E-state index contributed by atoms with van der Waals surface area (Å²) in [5.41, 5.74) is 3.75. The standard InChI is InChI=1S/C43H46N8O9/c1-48-23-34(30-11-13-44-20-33(30)41(48)54)26-17-37(57-2)35(38(18-26)58-3)24-49-15-12-29(22-49)60-25-27-21-50(47-46-27)14-5-4-6-16-59-28-7-8-31-32(19-28)43(56)51(42(31)55)36-9-10-39(52)45-40(36)53/h7-8,11,13,17-21,23,29,36H,4-6,9-10,12,14-16,22,24-25H2,1-3H3,(H,45,52,53). The fourth-order valence-corrected chi connectivity index (χ4v) is 8.14. The number of benzene rings is 2. The van der Waals surface area contributed by atoms with Crippen molar-refractivity contribution in [3.05, 3.63) is 93.9 Å². The number of aryl methyl sites for hydroxylation is 2. The number of imide groups is 2. The van der Waals surface area contributed by atoms with E-state index in [1.165, 1.54) is 6.07 Å². The number of amides is 4. The first-order valence-electron chi connectivity index (χ1n) is 20.0. The first-order chi connectivity index (χ1) is 29.1. The van der Waals surface area contributed by atoms with Gasteiger partial charge in [0.1, 0.15) is 29.0 Å². The van der Waals surface area contributed by atoms with Gasteiger partial charge in [-0.1, -0.05) is 5.21 Å². The monoisotopic (exact) mass is 818 g/mol. The van der Waals surface area contributed by atoms with E-state index < -0.39 is 29.7 Å². The number of unbranched alkanes of at least 4 members (excludes halogenated alkanes) is 2. The highest BCUT2D eigenvalue weighted by Crippen LogP contribution is 2.38. The lowest BCUT2D eigenvalue weighted by atomic mass is 9.99. The summed E-state index contributed by atoms with van der Waals surface area (Å²) in [6, 6.07) is 9.55. The van der Waals surface area contributed by atoms with E-state index in [1.807, 2.05) is 35.3 Å². The summed E-state index contributed by atoms with van der Waals surface area (Å²) in [5, 5.41) is 12.1. The fourth-order valence-electron chi connectivity index (χ4n) is 8.14. The van der Waals surface area contributed by atoms with Gasteiger partial charge in [0.2, 0.25) is 11.8 Å². The molecule has 60 heavy (non-hydrogen) atoms. The molecule has 0 spiro atoms. The van der Waals surface area contributed by atoms with Crippen molar-refractivity contribution in [2.45, 2.75) is 70.4 Å². The molecule has 3 aliphatic heterocycles. The average Bonchev–Trinajstić information content (AvgIpc) is 3.97. The van der Waals surface area contributed by atoms with Crippen molar-refractivity contribution >= 4 is 34.4 Å². The Kier molecular flexibility index (Phi) is 11.7.